The van der Waals surface area contributed by atoms with Gasteiger partial charge in [-0.25, -0.2) is 50.2 Å². The highest BCUT2D eigenvalue weighted by Crippen LogP contribution is 2.43. The maximum Gasteiger partial charge on any atom is 0.488 e. The molecule has 8 heterocycles. The number of sulfone groups is 3. The van der Waals surface area contributed by atoms with Crippen LogP contribution in [0, 0.1) is 38.2 Å². The first-order valence-corrected chi connectivity index (χ1v) is 45.9. The molecule has 0 bridgehead atoms. The number of fused-ring (bicyclic) bond motifs is 9. The van der Waals surface area contributed by atoms with Gasteiger partial charge >= 0.3 is 7.12 Å². The fourth-order valence-corrected chi connectivity index (χ4v) is 17.8. The summed E-state index contributed by atoms with van der Waals surface area (Å²) in [6.07, 6.45) is 8.95. The number of phenolic OH excluding ortho intramolecular Hbond substituents is 1. The minimum absolute atomic E-state index is 0.00201. The number of aryl methyl sites for hydroxylation is 5. The number of hydrogen-bond acceptors (Lipinski definition) is 20. The van der Waals surface area contributed by atoms with E-state index >= 15 is 0 Å². The van der Waals surface area contributed by atoms with Gasteiger partial charge in [-0.15, -0.1) is 0 Å². The Labute approximate surface area is 747 Å². The third kappa shape index (κ3) is 22.8. The Morgan fingerprint density at radius 3 is 1.31 bits per heavy atom. The van der Waals surface area contributed by atoms with Crippen molar-refractivity contribution in [1.29, 1.82) is 0 Å². The fraction of sp³-hybridized carbons (Fsp3) is 0.170. The van der Waals surface area contributed by atoms with Crippen molar-refractivity contribution in [2.75, 3.05) is 56.7 Å². The third-order valence-corrected chi connectivity index (χ3v) is 26.8. The summed E-state index contributed by atoms with van der Waals surface area (Å²) >= 11 is 26.9. The number of nitrogens with one attached hydrogen (secondary N) is 4. The number of rotatable bonds is 15. The van der Waals surface area contributed by atoms with E-state index in [9.17, 15) is 30.4 Å². The first kappa shape index (κ1) is 93.2. The zero-order valence-electron chi connectivity index (χ0n) is 67.6. The number of aromatic hydroxyl groups is 1. The first-order chi connectivity index (χ1) is 57.5. The van der Waals surface area contributed by atoms with Crippen molar-refractivity contribution in [3.05, 3.63) is 262 Å². The van der Waals surface area contributed by atoms with Crippen LogP contribution < -0.4 is 35.5 Å². The Morgan fingerprint density at radius 1 is 0.455 bits per heavy atom. The normalized spacial score (nSPS) is 11.2. The van der Waals surface area contributed by atoms with Crippen molar-refractivity contribution in [2.24, 2.45) is 0 Å². The molecule has 9 N–H and O–H groups in total. The molecule has 8 aromatic carbocycles. The van der Waals surface area contributed by atoms with Gasteiger partial charge in [0.2, 0.25) is 0 Å². The lowest BCUT2D eigenvalue weighted by atomic mass is 9.80. The van der Waals surface area contributed by atoms with Gasteiger partial charge in [0, 0.05) is 73.3 Å². The molecule has 0 aliphatic rings. The number of halogens is 6. The van der Waals surface area contributed by atoms with Crippen LogP contribution in [-0.4, -0.2) is 133 Å². The van der Waals surface area contributed by atoms with Crippen molar-refractivity contribution < 1.29 is 59.4 Å². The number of anilines is 3. The molecular weight excluding hydrogens is 1910 g/mol. The minimum Gasteiger partial charge on any atom is -0.506 e. The van der Waals surface area contributed by atoms with Gasteiger partial charge in [0.15, 0.2) is 29.5 Å². The van der Waals surface area contributed by atoms with Crippen LogP contribution >= 0.6 is 89.3 Å². The Bertz CT molecular complexity index is 6850. The van der Waals surface area contributed by atoms with Crippen LogP contribution in [0.25, 0.3) is 88.1 Å². The van der Waals surface area contributed by atoms with Gasteiger partial charge in [0.25, 0.3) is 0 Å². The first-order valence-electron chi connectivity index (χ1n) is 37.2. The molecule has 23 nitrogen and oxygen atoms in total. The van der Waals surface area contributed by atoms with E-state index in [4.69, 9.17) is 69.5 Å². The standard InChI is InChI=1S/C21H20N2O3S.C20H18N2O3S.C13H12BrClN2O.C13H11ClN2O.C8H11BO4S.C7H6ClIO.C6H7BrN2/c1-4-27(24,25)15-7-5-6-14(11-15)16-8-9-18(26-3)20-19(16)17-10-13(2)12-22-21(17)23-20;1-3-26(24,25)14-6-4-5-13(10-14)15-7-8-17(23)19-18(15)16-9-12(2)11-21-20(16)22-19;1-8-5-10(14)13(16-7-8)17-11-6-9(15)3-4-12(11)18-2;1-7-5-8-11-9(14)3-4-10(17-2)12(11)16-13(8)15-6-7;1-2-14(12,13)8-5-3-4-7(6-8)9(10)11;1-10-7-3-2-5(8)4-6(7)9;1-4-2-5(7)6(8)9-3-4/h5-12H,4H2,1-3H3,(H,22,23);4-11,23H,3H2,1-2H3,(H,21,22);3-7H,1-2H3,(H,16,17);3-6H,1-2H3,(H,15,16);3-6,10-11H,2H2,1H3;2-4H,1H3;2-3H,1H3,(H2,8,9). The van der Waals surface area contributed by atoms with Gasteiger partial charge < -0.3 is 60.1 Å². The molecule has 628 valence electrons. The maximum absolute atomic E-state index is 12.3. The number of nitrogens with zero attached hydrogens (tertiary/aromatic N) is 5. The molecule has 0 fully saturated rings. The van der Waals surface area contributed by atoms with Crippen LogP contribution in [0.1, 0.15) is 48.6 Å². The van der Waals surface area contributed by atoms with Gasteiger partial charge in [0.05, 0.1) is 100 Å². The lowest BCUT2D eigenvalue weighted by Crippen LogP contribution is -2.30. The van der Waals surface area contributed by atoms with Gasteiger partial charge in [-0.3, -0.25) is 0 Å². The summed E-state index contributed by atoms with van der Waals surface area (Å²) in [5.74, 6) is 4.61. The summed E-state index contributed by atoms with van der Waals surface area (Å²) in [7, 11) is -4.95. The quantitative estimate of drug-likeness (QED) is 0.0349. The number of aromatic amines is 3. The van der Waals surface area contributed by atoms with E-state index < -0.39 is 36.6 Å². The lowest BCUT2D eigenvalue weighted by Gasteiger charge is -2.12. The largest absolute Gasteiger partial charge is 0.506 e. The number of phenols is 1. The second-order valence-corrected chi connectivity index (χ2v) is 38.2. The van der Waals surface area contributed by atoms with Crippen molar-refractivity contribution in [1.82, 2.24) is 39.9 Å². The molecule has 0 saturated heterocycles. The fourth-order valence-electron chi connectivity index (χ4n) is 12.5. The van der Waals surface area contributed by atoms with Crippen LogP contribution in [0.4, 0.5) is 17.3 Å². The van der Waals surface area contributed by atoms with Crippen LogP contribution in [0.3, 0.4) is 0 Å². The molecule has 33 heteroatoms. The third-order valence-electron chi connectivity index (χ3n) is 18.7. The summed E-state index contributed by atoms with van der Waals surface area (Å²) in [5.41, 5.74) is 19.8. The number of aromatic nitrogens is 8. The van der Waals surface area contributed by atoms with Crippen molar-refractivity contribution in [3.8, 4) is 51.0 Å². The number of nitrogens with two attached hydrogens (primary N) is 1. The van der Waals surface area contributed by atoms with Crippen molar-refractivity contribution in [2.45, 2.75) is 70.1 Å². The molecule has 16 rings (SSSR count). The number of pyridine rings is 5. The van der Waals surface area contributed by atoms with E-state index in [1.807, 2.05) is 132 Å². The topological polar surface area (TPSA) is 350 Å². The summed E-state index contributed by atoms with van der Waals surface area (Å²) in [6, 6.07) is 51.6. The van der Waals surface area contributed by atoms with Gasteiger partial charge in [-0.2, -0.15) is 0 Å². The lowest BCUT2D eigenvalue weighted by molar-refractivity contribution is 0.412. The molecule has 0 spiro atoms. The predicted octanol–water partition coefficient (Wildman–Crippen LogP) is 20.8. The summed E-state index contributed by atoms with van der Waals surface area (Å²) in [4.78, 5) is 32.0. The predicted molar refractivity (Wildman–Crippen MR) is 505 cm³/mol. The summed E-state index contributed by atoms with van der Waals surface area (Å²) < 4.78 is 95.9. The number of hydrogen-bond donors (Lipinski definition) is 8. The van der Waals surface area contributed by atoms with Crippen molar-refractivity contribution in [3.63, 3.8) is 0 Å². The Kier molecular flexibility index (Phi) is 31.7. The van der Waals surface area contributed by atoms with Gasteiger partial charge in [0.1, 0.15) is 57.3 Å². The molecule has 16 aromatic rings. The number of methoxy groups -OCH3 is 4. The molecule has 0 aliphatic carbocycles. The van der Waals surface area contributed by atoms with Gasteiger partial charge in [-0.1, -0.05) is 92.0 Å². The number of nitrogen functional groups attached to an aromatic ring is 1. The van der Waals surface area contributed by atoms with E-state index in [1.165, 1.54) is 31.2 Å². The van der Waals surface area contributed by atoms with Crippen LogP contribution in [0.15, 0.2) is 231 Å². The second kappa shape index (κ2) is 41.2. The Balaban J connectivity index is 0.000000153. The van der Waals surface area contributed by atoms with Gasteiger partial charge in [-0.05, 0) is 284 Å². The molecular formula is C88H85BBr2Cl3IN10O13S3. The molecule has 0 amide bonds. The van der Waals surface area contributed by atoms with Crippen LogP contribution in [0.5, 0.6) is 28.7 Å². The van der Waals surface area contributed by atoms with E-state index in [2.05, 4.69) is 112 Å². The number of benzene rings is 8. The van der Waals surface area contributed by atoms with Crippen molar-refractivity contribution >= 4 is 214 Å². The molecule has 0 saturated carbocycles. The van der Waals surface area contributed by atoms with E-state index in [0.717, 1.165) is 151 Å². The number of H-pyrrole nitrogens is 3. The SMILES string of the molecule is CCS(=O)(=O)c1cccc(-c2ccc(O)c3[nH]c4ncc(C)cc4c23)c1.CCS(=O)(=O)c1cccc(-c2ccc(OC)c3[nH]c4ncc(C)cc4c23)c1.CCS(=O)(=O)c1cccc(B(O)O)c1.COc1ccc(Cl)c2c1[nH]c1ncc(C)cc12.COc1ccc(Cl)cc1I.COc1ccc(Cl)cc1Nc1ncc(C)cc1Br.Cc1cnc(N)c(Br)c1. The zero-order chi connectivity index (χ0) is 87.9. The Hall–Kier alpha value is -10.1. The minimum atomic E-state index is -3.30. The highest BCUT2D eigenvalue weighted by molar-refractivity contribution is 14.1. The van der Waals surface area contributed by atoms with Crippen LogP contribution in [-0.2, 0) is 29.5 Å². The summed E-state index contributed by atoms with van der Waals surface area (Å²) in [5, 5.41) is 39.0. The molecule has 121 heavy (non-hydrogen) atoms. The molecule has 0 radical (unpaired) electrons. The molecule has 8 aromatic heterocycles. The van der Waals surface area contributed by atoms with E-state index in [0.29, 0.717) is 42.6 Å². The number of ether oxygens (including phenoxy) is 4. The maximum atomic E-state index is 12.3. The Morgan fingerprint density at radius 2 is 0.851 bits per heavy atom. The molecule has 0 aliphatic heterocycles. The highest BCUT2D eigenvalue weighted by Gasteiger charge is 2.22. The highest BCUT2D eigenvalue weighted by atomic mass is 127. The zero-order valence-corrected chi connectivity index (χ0v) is 77.6. The van der Waals surface area contributed by atoms with E-state index in [1.54, 1.807) is 115 Å². The second-order valence-electron chi connectivity index (χ2n) is 27.2. The average Bonchev–Trinajstić information content (AvgIpc) is 1.61. The molecule has 0 atom stereocenters. The smallest absolute Gasteiger partial charge is 0.488 e. The summed E-state index contributed by atoms with van der Waals surface area (Å²) in [6.45, 7) is 14.8. The average molecular weight is 1990 g/mol. The van der Waals surface area contributed by atoms with Crippen LogP contribution in [0.2, 0.25) is 15.1 Å². The van der Waals surface area contributed by atoms with E-state index in [-0.39, 0.29) is 33.4 Å². The molecule has 0 unspecified atom stereocenters. The monoisotopic (exact) mass is 1990 g/mol.